The summed E-state index contributed by atoms with van der Waals surface area (Å²) in [6, 6.07) is 11.3. The van der Waals surface area contributed by atoms with Crippen LogP contribution in [-0.4, -0.2) is 85.9 Å². The number of nitrogens with zero attached hydrogens (tertiary/aromatic N) is 3. The van der Waals surface area contributed by atoms with Crippen molar-refractivity contribution in [2.75, 3.05) is 53.4 Å². The van der Waals surface area contributed by atoms with E-state index in [-0.39, 0.29) is 17.7 Å². The van der Waals surface area contributed by atoms with Gasteiger partial charge < -0.3 is 15.1 Å². The van der Waals surface area contributed by atoms with E-state index in [4.69, 9.17) is 0 Å². The third-order valence-corrected chi connectivity index (χ3v) is 6.76. The van der Waals surface area contributed by atoms with Gasteiger partial charge in [-0.2, -0.15) is 0 Å². The van der Waals surface area contributed by atoms with E-state index >= 15 is 0 Å². The minimum absolute atomic E-state index is 0.0149. The normalized spacial score (nSPS) is 21.3. The molecule has 0 bridgehead atoms. The average molecular weight is 415 g/mol. The Balaban J connectivity index is 1.41. The zero-order chi connectivity index (χ0) is 21.3. The van der Waals surface area contributed by atoms with E-state index in [1.54, 1.807) is 11.9 Å². The number of nitrogens with one attached hydrogen (secondary N) is 1. The maximum Gasteiger partial charge on any atom is 0.226 e. The highest BCUT2D eigenvalue weighted by atomic mass is 16.2. The number of carbonyl (C=O) groups excluding carboxylic acids is 2. The van der Waals surface area contributed by atoms with Gasteiger partial charge in [0, 0.05) is 46.2 Å². The Labute approximate surface area is 181 Å². The standard InChI is InChI=1S/C24H38N4O2/c1-25-23(29)13-15-26(2)24(30)21-9-6-14-28(19-21)22-11-17-27(18-12-22)16-10-20-7-4-3-5-8-20/h3-5,7-8,21-22H,6,9-19H2,1-2H3,(H,25,29)/t21-/m1/s1. The van der Waals surface area contributed by atoms with Crippen LogP contribution >= 0.6 is 0 Å². The summed E-state index contributed by atoms with van der Waals surface area (Å²) in [4.78, 5) is 31.2. The van der Waals surface area contributed by atoms with E-state index in [1.807, 2.05) is 7.05 Å². The number of hydrogen-bond donors (Lipinski definition) is 1. The first-order valence-electron chi connectivity index (χ1n) is 11.5. The van der Waals surface area contributed by atoms with Crippen molar-refractivity contribution < 1.29 is 9.59 Å². The van der Waals surface area contributed by atoms with E-state index in [9.17, 15) is 9.59 Å². The molecule has 2 heterocycles. The molecule has 0 radical (unpaired) electrons. The van der Waals surface area contributed by atoms with Gasteiger partial charge in [0.05, 0.1) is 5.92 Å². The topological polar surface area (TPSA) is 55.9 Å². The van der Waals surface area contributed by atoms with Gasteiger partial charge in [0.15, 0.2) is 0 Å². The molecule has 0 spiro atoms. The van der Waals surface area contributed by atoms with E-state index in [1.165, 1.54) is 18.4 Å². The molecule has 6 heteroatoms. The van der Waals surface area contributed by atoms with Crippen molar-refractivity contribution in [2.45, 2.75) is 44.6 Å². The van der Waals surface area contributed by atoms with Gasteiger partial charge in [0.2, 0.25) is 11.8 Å². The van der Waals surface area contributed by atoms with Crippen LogP contribution in [-0.2, 0) is 16.0 Å². The Morgan fingerprint density at radius 2 is 1.83 bits per heavy atom. The molecule has 0 aromatic heterocycles. The lowest BCUT2D eigenvalue weighted by Gasteiger charge is -2.42. The first-order chi connectivity index (χ1) is 14.6. The van der Waals surface area contributed by atoms with E-state index < -0.39 is 0 Å². The predicted molar refractivity (Wildman–Crippen MR) is 120 cm³/mol. The molecule has 166 valence electrons. The third kappa shape index (κ3) is 6.54. The highest BCUT2D eigenvalue weighted by molar-refractivity contribution is 5.80. The van der Waals surface area contributed by atoms with E-state index in [0.717, 1.165) is 52.0 Å². The molecule has 6 nitrogen and oxygen atoms in total. The van der Waals surface area contributed by atoms with Crippen molar-refractivity contribution in [1.29, 1.82) is 0 Å². The lowest BCUT2D eigenvalue weighted by atomic mass is 9.92. The molecule has 2 aliphatic heterocycles. The number of piperidine rings is 2. The van der Waals surface area contributed by atoms with Crippen molar-refractivity contribution in [3.05, 3.63) is 35.9 Å². The van der Waals surface area contributed by atoms with Crippen LogP contribution in [0.3, 0.4) is 0 Å². The molecular formula is C24H38N4O2. The van der Waals surface area contributed by atoms with Gasteiger partial charge in [0.25, 0.3) is 0 Å². The summed E-state index contributed by atoms with van der Waals surface area (Å²) >= 11 is 0. The molecule has 3 rings (SSSR count). The maximum atomic E-state index is 12.9. The van der Waals surface area contributed by atoms with Crippen LogP contribution < -0.4 is 5.32 Å². The molecule has 2 saturated heterocycles. The van der Waals surface area contributed by atoms with Crippen molar-refractivity contribution in [2.24, 2.45) is 5.92 Å². The summed E-state index contributed by atoms with van der Waals surface area (Å²) in [5, 5.41) is 2.62. The van der Waals surface area contributed by atoms with Gasteiger partial charge in [0.1, 0.15) is 0 Å². The molecule has 2 fully saturated rings. The Morgan fingerprint density at radius 3 is 2.53 bits per heavy atom. The Kier molecular flexibility index (Phi) is 8.70. The van der Waals surface area contributed by atoms with Gasteiger partial charge in [-0.3, -0.25) is 14.5 Å². The monoisotopic (exact) mass is 414 g/mol. The van der Waals surface area contributed by atoms with Crippen molar-refractivity contribution in [3.63, 3.8) is 0 Å². The second-order valence-corrected chi connectivity index (χ2v) is 8.83. The largest absolute Gasteiger partial charge is 0.359 e. The second kappa shape index (κ2) is 11.5. The number of likely N-dealkylation sites (tertiary alicyclic amines) is 2. The van der Waals surface area contributed by atoms with Crippen LogP contribution in [0.1, 0.15) is 37.7 Å². The number of hydrogen-bond acceptors (Lipinski definition) is 4. The molecule has 0 aliphatic carbocycles. The fraction of sp³-hybridized carbons (Fsp3) is 0.667. The highest BCUT2D eigenvalue weighted by Gasteiger charge is 2.32. The van der Waals surface area contributed by atoms with Crippen LogP contribution in [0, 0.1) is 5.92 Å². The molecule has 2 amide bonds. The number of rotatable bonds is 8. The van der Waals surface area contributed by atoms with Crippen LogP contribution in [0.4, 0.5) is 0 Å². The molecule has 1 aromatic carbocycles. The fourth-order valence-electron chi connectivity index (χ4n) is 4.80. The first-order valence-corrected chi connectivity index (χ1v) is 11.5. The Bertz CT molecular complexity index is 673. The Hall–Kier alpha value is -1.92. The maximum absolute atomic E-state index is 12.9. The number of carbonyl (C=O) groups is 2. The molecule has 1 N–H and O–H groups in total. The molecule has 0 unspecified atom stereocenters. The van der Waals surface area contributed by atoms with Gasteiger partial charge in [-0.15, -0.1) is 0 Å². The predicted octanol–water partition coefficient (Wildman–Crippen LogP) is 2.00. The first kappa shape index (κ1) is 22.8. The number of amides is 2. The zero-order valence-corrected chi connectivity index (χ0v) is 18.7. The average Bonchev–Trinajstić information content (AvgIpc) is 2.81. The van der Waals surface area contributed by atoms with Crippen molar-refractivity contribution >= 4 is 11.8 Å². The van der Waals surface area contributed by atoms with Gasteiger partial charge in [-0.25, -0.2) is 0 Å². The second-order valence-electron chi connectivity index (χ2n) is 8.83. The quantitative estimate of drug-likeness (QED) is 0.707. The van der Waals surface area contributed by atoms with Crippen molar-refractivity contribution in [3.8, 4) is 0 Å². The van der Waals surface area contributed by atoms with E-state index in [0.29, 0.717) is 19.0 Å². The lowest BCUT2D eigenvalue weighted by Crippen LogP contribution is -2.51. The molecule has 30 heavy (non-hydrogen) atoms. The third-order valence-electron chi connectivity index (χ3n) is 6.76. The summed E-state index contributed by atoms with van der Waals surface area (Å²) in [7, 11) is 3.46. The lowest BCUT2D eigenvalue weighted by molar-refractivity contribution is -0.136. The molecule has 1 atom stereocenters. The summed E-state index contributed by atoms with van der Waals surface area (Å²) in [5.74, 6) is 0.257. The van der Waals surface area contributed by atoms with Gasteiger partial charge in [-0.1, -0.05) is 30.3 Å². The minimum Gasteiger partial charge on any atom is -0.359 e. The summed E-state index contributed by atoms with van der Waals surface area (Å²) in [6.07, 6.45) is 5.94. The molecule has 1 aromatic rings. The fourth-order valence-corrected chi connectivity index (χ4v) is 4.80. The van der Waals surface area contributed by atoms with Crippen LogP contribution in [0.15, 0.2) is 30.3 Å². The summed E-state index contributed by atoms with van der Waals surface area (Å²) in [6.45, 7) is 5.92. The Morgan fingerprint density at radius 1 is 1.10 bits per heavy atom. The minimum atomic E-state index is -0.0149. The summed E-state index contributed by atoms with van der Waals surface area (Å²) in [5.41, 5.74) is 1.41. The van der Waals surface area contributed by atoms with Crippen LogP contribution in [0.2, 0.25) is 0 Å². The summed E-state index contributed by atoms with van der Waals surface area (Å²) < 4.78 is 0. The van der Waals surface area contributed by atoms with Gasteiger partial charge in [-0.05, 0) is 57.3 Å². The SMILES string of the molecule is CNC(=O)CCN(C)C(=O)[C@@H]1CCCN(C2CCN(CCc3ccccc3)CC2)C1. The van der Waals surface area contributed by atoms with Crippen molar-refractivity contribution in [1.82, 2.24) is 20.0 Å². The van der Waals surface area contributed by atoms with Gasteiger partial charge >= 0.3 is 0 Å². The molecule has 2 aliphatic rings. The van der Waals surface area contributed by atoms with E-state index in [2.05, 4.69) is 45.4 Å². The molecule has 0 saturated carbocycles. The van der Waals surface area contributed by atoms with Crippen LogP contribution in [0.25, 0.3) is 0 Å². The highest BCUT2D eigenvalue weighted by Crippen LogP contribution is 2.25. The smallest absolute Gasteiger partial charge is 0.226 e. The number of benzene rings is 1. The molecular weight excluding hydrogens is 376 g/mol. The zero-order valence-electron chi connectivity index (χ0n) is 18.7. The van der Waals surface area contributed by atoms with Crippen LogP contribution in [0.5, 0.6) is 0 Å².